The van der Waals surface area contributed by atoms with Gasteiger partial charge in [0.25, 0.3) is 58.5 Å². The largest absolute Gasteiger partial charge is 0.481 e. The molecule has 10 rings (SSSR count). The monoisotopic (exact) mass is 1760 g/mol. The number of nitrogens with zero attached hydrogens (tertiary/aromatic N) is 5. The molecule has 0 fully saturated rings. The lowest BCUT2D eigenvalue weighted by molar-refractivity contribution is -0.158. The highest BCUT2D eigenvalue weighted by atomic mass is 79.9. The second kappa shape index (κ2) is 38.2. The summed E-state index contributed by atoms with van der Waals surface area (Å²) in [4.78, 5) is 183. The normalized spacial score (nSPS) is 11.4. The molecule has 38 heteroatoms. The lowest BCUT2D eigenvalue weighted by Crippen LogP contribution is -2.27. The van der Waals surface area contributed by atoms with Gasteiger partial charge in [0, 0.05) is 28.5 Å². The number of ketones is 5. The number of thioether (sulfide) groups is 2. The van der Waals surface area contributed by atoms with Crippen molar-refractivity contribution >= 4 is 182 Å². The molecule has 5 aromatic heterocycles. The van der Waals surface area contributed by atoms with Gasteiger partial charge in [-0.2, -0.15) is 0 Å². The van der Waals surface area contributed by atoms with Crippen molar-refractivity contribution in [3.63, 3.8) is 0 Å². The van der Waals surface area contributed by atoms with Gasteiger partial charge in [0.2, 0.25) is 0 Å². The number of hydrogen-bond acceptors (Lipinski definition) is 25. The Balaban J connectivity index is 0.000000235. The summed E-state index contributed by atoms with van der Waals surface area (Å²) in [5.74, 6) is -12.8. The SMILES string of the molecule is Cc1c(C(=O)C(N)=O)c2c(OCC(=O)O)cccc2n1CSCn1c(C)c(C(=O)C(N)=O)c2c(OCC(=O)O)cccc21.Cc1c(C(=O)C(N)=O)c2c(OCC(=O)OC(C)(C)C)cccc2n1CBr.Cc1c(C(=O)C(N)=O)c2c(OCC(=O)OC(C)(C)C)cccc2n1CSCn1c(C)c(C(=O)C(N)=O)c2c(OCC(=O)OC(C)(C)C)cccc21. The first-order valence-electron chi connectivity index (χ1n) is 36.4. The lowest BCUT2D eigenvalue weighted by atomic mass is 10.1. The second-order valence-corrected chi connectivity index (χ2v) is 32.0. The number of carbonyl (C=O) groups excluding carboxylic acids is 13. The van der Waals surface area contributed by atoms with E-state index >= 15 is 0 Å². The van der Waals surface area contributed by atoms with Gasteiger partial charge in [0.1, 0.15) is 45.6 Å². The van der Waals surface area contributed by atoms with E-state index in [9.17, 15) is 71.9 Å². The molecular formula is C82H89BrN10O25S2. The molecule has 0 bridgehead atoms. The average Bonchev–Trinajstić information content (AvgIpc) is 1.62. The van der Waals surface area contributed by atoms with Crippen molar-refractivity contribution in [2.75, 3.05) is 33.0 Å². The van der Waals surface area contributed by atoms with Crippen molar-refractivity contribution in [3.8, 4) is 28.7 Å². The van der Waals surface area contributed by atoms with Crippen molar-refractivity contribution < 1.29 is 120 Å². The van der Waals surface area contributed by atoms with E-state index in [4.69, 9.17) is 76.8 Å². The minimum atomic E-state index is -1.23. The molecule has 0 aliphatic carbocycles. The number of carboxylic acids is 2. The van der Waals surface area contributed by atoms with E-state index in [0.717, 1.165) is 0 Å². The number of carbonyl (C=O) groups is 15. The summed E-state index contributed by atoms with van der Waals surface area (Å²) in [5, 5.41) is 19.7. The first kappa shape index (κ1) is 92.5. The average molecular weight is 1760 g/mol. The summed E-state index contributed by atoms with van der Waals surface area (Å²) < 4.78 is 52.8. The van der Waals surface area contributed by atoms with Gasteiger partial charge in [-0.25, -0.2) is 24.0 Å². The number of amides is 5. The Morgan fingerprint density at radius 2 is 0.500 bits per heavy atom. The van der Waals surface area contributed by atoms with Gasteiger partial charge in [0.05, 0.1) is 111 Å². The highest BCUT2D eigenvalue weighted by Crippen LogP contribution is 2.42. The number of alkyl halides is 1. The number of rotatable bonds is 34. The maximum Gasteiger partial charge on any atom is 0.344 e. The van der Waals surface area contributed by atoms with Crippen molar-refractivity contribution in [1.29, 1.82) is 0 Å². The molecule has 12 N–H and O–H groups in total. The van der Waals surface area contributed by atoms with Crippen LogP contribution in [0.25, 0.3) is 54.5 Å². The Morgan fingerprint density at radius 3 is 0.675 bits per heavy atom. The zero-order valence-corrected chi connectivity index (χ0v) is 71.1. The molecule has 0 unspecified atom stereocenters. The second-order valence-electron chi connectivity index (χ2n) is 29.7. The molecule has 0 saturated heterocycles. The van der Waals surface area contributed by atoms with Crippen LogP contribution in [0.5, 0.6) is 28.7 Å². The summed E-state index contributed by atoms with van der Waals surface area (Å²) in [5.41, 5.74) is 30.2. The van der Waals surface area contributed by atoms with Crippen LogP contribution in [0.3, 0.4) is 0 Å². The number of Topliss-reactive ketones (excluding diaryl/α,β-unsaturated/α-hetero) is 5. The van der Waals surface area contributed by atoms with E-state index in [0.29, 0.717) is 83.4 Å². The van der Waals surface area contributed by atoms with Crippen LogP contribution in [0.1, 0.15) is 143 Å². The number of ether oxygens (including phenoxy) is 8. The van der Waals surface area contributed by atoms with E-state index in [1.165, 1.54) is 35.7 Å². The predicted molar refractivity (Wildman–Crippen MR) is 445 cm³/mol. The summed E-state index contributed by atoms with van der Waals surface area (Å²) in [6, 6.07) is 24.7. The molecule has 0 radical (unpaired) electrons. The number of benzene rings is 5. The van der Waals surface area contributed by atoms with Crippen LogP contribution in [0.2, 0.25) is 0 Å². The molecule has 0 saturated carbocycles. The Kier molecular flexibility index (Phi) is 29.4. The number of hydrogen-bond donors (Lipinski definition) is 7. The van der Waals surface area contributed by atoms with Crippen LogP contribution in [0, 0.1) is 34.6 Å². The Labute approximate surface area is 701 Å². The first-order valence-corrected chi connectivity index (χ1v) is 39.8. The standard InChI is InChI=1S/C36H42N4O10S.C28H26N4O10S.C18H21BrN2O5/c1-19-27(31(43)33(37)45)29-21(11-9-13-23(29)47-15-25(41)49-35(3,4)5)39(19)17-51-18-40-20(2)28(32(44)34(38)46)30-22(40)12-10-14-24(30)48-16-26(42)50-36(6,7)8;1-13-21(25(37)27(29)39)23-15(5-3-7-17(23)41-9-19(33)34)31(13)11-43-12-32-14(2)22(26(38)28(30)40)24-16(32)6-4-8-18(24)42-10-20(35)36;1-10-14(16(23)17(20)24)15-11(21(10)9-19)6-5-7-12(15)25-8-13(22)26-18(2,3)4/h9-14H,15-18H2,1-8H3,(H2,37,45)(H2,38,46);3-8H,9-12H2,1-2H3,(H2,29,39)(H2,30,40)(H,33,34)(H,35,36);5-7H,8-9H2,1-4H3,(H2,20,24). The summed E-state index contributed by atoms with van der Waals surface area (Å²) in [6.45, 7) is 21.4. The van der Waals surface area contributed by atoms with Gasteiger partial charge in [0.15, 0.2) is 33.0 Å². The van der Waals surface area contributed by atoms with Crippen molar-refractivity contribution in [3.05, 3.63) is 147 Å². The molecule has 10 aromatic rings. The van der Waals surface area contributed by atoms with Gasteiger partial charge in [-0.1, -0.05) is 46.3 Å². The third-order valence-electron chi connectivity index (χ3n) is 17.8. The number of esters is 3. The molecule has 5 aromatic carbocycles. The maximum atomic E-state index is 13.1. The lowest BCUT2D eigenvalue weighted by Gasteiger charge is -2.19. The molecule has 35 nitrogen and oxygen atoms in total. The first-order chi connectivity index (χ1) is 56.1. The fourth-order valence-electron chi connectivity index (χ4n) is 13.1. The Bertz CT molecular complexity index is 5590. The minimum Gasteiger partial charge on any atom is -0.481 e. The molecule has 0 spiro atoms. The summed E-state index contributed by atoms with van der Waals surface area (Å²) in [6.07, 6.45) is 0. The van der Waals surface area contributed by atoms with Crippen LogP contribution in [-0.2, 0) is 91.1 Å². The maximum absolute atomic E-state index is 13.1. The van der Waals surface area contributed by atoms with E-state index in [-0.39, 0.29) is 91.7 Å². The molecule has 120 heavy (non-hydrogen) atoms. The van der Waals surface area contributed by atoms with Crippen LogP contribution in [0.15, 0.2) is 91.0 Å². The van der Waals surface area contributed by atoms with Gasteiger partial charge in [-0.15, -0.1) is 23.5 Å². The predicted octanol–water partition coefficient (Wildman–Crippen LogP) is 8.85. The molecule has 636 valence electrons. The number of aromatic nitrogens is 5. The topological polar surface area (TPSA) is 525 Å². The van der Waals surface area contributed by atoms with Gasteiger partial charge in [-0.05, 0) is 158 Å². The fraction of sp³-hybridized carbons (Fsp3) is 0.329. The Morgan fingerprint density at radius 1 is 0.317 bits per heavy atom. The van der Waals surface area contributed by atoms with Gasteiger partial charge < -0.3 is 99.6 Å². The smallest absolute Gasteiger partial charge is 0.344 e. The van der Waals surface area contributed by atoms with E-state index < -0.39 is 132 Å². The Hall–Kier alpha value is -13.0. The fourth-order valence-corrected chi connectivity index (χ4v) is 16.0. The molecule has 0 atom stereocenters. The van der Waals surface area contributed by atoms with Crippen LogP contribution < -0.4 is 52.4 Å². The van der Waals surface area contributed by atoms with Crippen molar-refractivity contribution in [2.45, 2.75) is 143 Å². The molecule has 5 amide bonds. The molecular weight excluding hydrogens is 1670 g/mol. The molecule has 0 aliphatic heterocycles. The number of carboxylic acid groups (broad SMARTS) is 2. The van der Waals surface area contributed by atoms with E-state index in [1.54, 1.807) is 185 Å². The third kappa shape index (κ3) is 21.3. The van der Waals surface area contributed by atoms with Crippen molar-refractivity contribution in [2.24, 2.45) is 28.7 Å². The highest BCUT2D eigenvalue weighted by molar-refractivity contribution is 9.08. The van der Waals surface area contributed by atoms with E-state index in [1.807, 2.05) is 13.7 Å². The molecule has 0 aliphatic rings. The summed E-state index contributed by atoms with van der Waals surface area (Å²) >= 11 is 6.09. The number of fused-ring (bicyclic) bond motifs is 5. The van der Waals surface area contributed by atoms with Crippen LogP contribution >= 0.6 is 39.5 Å². The zero-order chi connectivity index (χ0) is 89.2. The van der Waals surface area contributed by atoms with Crippen LogP contribution in [-0.4, -0.2) is 171 Å². The third-order valence-corrected chi connectivity index (χ3v) is 20.1. The van der Waals surface area contributed by atoms with Crippen molar-refractivity contribution in [1.82, 2.24) is 22.8 Å². The summed E-state index contributed by atoms with van der Waals surface area (Å²) in [7, 11) is 0. The van der Waals surface area contributed by atoms with E-state index in [2.05, 4.69) is 15.9 Å². The quantitative estimate of drug-likeness (QED) is 0.00650. The zero-order valence-electron chi connectivity index (χ0n) is 67.8. The number of halogens is 1. The molecule has 5 heterocycles. The number of primary amides is 5. The minimum absolute atomic E-state index is 0.0127. The van der Waals surface area contributed by atoms with Gasteiger partial charge >= 0.3 is 29.8 Å². The highest BCUT2D eigenvalue weighted by Gasteiger charge is 2.34. The number of nitrogens with two attached hydrogens (primary N) is 5. The van der Waals surface area contributed by atoms with Crippen LogP contribution in [0.4, 0.5) is 0 Å². The number of aliphatic carboxylic acids is 2. The van der Waals surface area contributed by atoms with Gasteiger partial charge in [-0.3, -0.25) is 47.9 Å².